The molecular formula is C16H22FNO2. The summed E-state index contributed by atoms with van der Waals surface area (Å²) in [6.45, 7) is 4.88. The van der Waals surface area contributed by atoms with Crippen LogP contribution in [0.1, 0.15) is 24.5 Å². The van der Waals surface area contributed by atoms with Gasteiger partial charge in [-0.25, -0.2) is 4.39 Å². The molecule has 0 spiro atoms. The van der Waals surface area contributed by atoms with Crippen LogP contribution in [0.2, 0.25) is 0 Å². The molecule has 0 saturated heterocycles. The standard InChI is InChI=1S/C16H22FNO2/c1-3-20-11-9-18(2)13-15-7-8-16(17)12-14(15)6-4-5-10-19/h7-8,12,19H,3,5,9-11,13H2,1-2H3. The van der Waals surface area contributed by atoms with Crippen molar-refractivity contribution >= 4 is 0 Å². The maximum Gasteiger partial charge on any atom is 0.124 e. The summed E-state index contributed by atoms with van der Waals surface area (Å²) in [5.74, 6) is 5.46. The van der Waals surface area contributed by atoms with Crippen LogP contribution in [0.4, 0.5) is 4.39 Å². The molecule has 0 bridgehead atoms. The Morgan fingerprint density at radius 1 is 1.40 bits per heavy atom. The van der Waals surface area contributed by atoms with Crippen molar-refractivity contribution in [3.63, 3.8) is 0 Å². The average molecular weight is 279 g/mol. The summed E-state index contributed by atoms with van der Waals surface area (Å²) in [7, 11) is 1.99. The first-order chi connectivity index (χ1) is 9.67. The van der Waals surface area contributed by atoms with Gasteiger partial charge in [-0.1, -0.05) is 17.9 Å². The van der Waals surface area contributed by atoms with Gasteiger partial charge in [0.15, 0.2) is 0 Å². The average Bonchev–Trinajstić information content (AvgIpc) is 2.42. The Morgan fingerprint density at radius 3 is 2.90 bits per heavy atom. The predicted molar refractivity (Wildman–Crippen MR) is 77.8 cm³/mol. The van der Waals surface area contributed by atoms with Crippen LogP contribution < -0.4 is 0 Å². The normalized spacial score (nSPS) is 10.4. The number of aliphatic hydroxyl groups is 1. The third kappa shape index (κ3) is 6.16. The largest absolute Gasteiger partial charge is 0.395 e. The number of hydrogen-bond acceptors (Lipinski definition) is 3. The van der Waals surface area contributed by atoms with E-state index in [0.29, 0.717) is 31.7 Å². The van der Waals surface area contributed by atoms with Crippen LogP contribution in [0.3, 0.4) is 0 Å². The van der Waals surface area contributed by atoms with Crippen molar-refractivity contribution in [1.29, 1.82) is 0 Å². The topological polar surface area (TPSA) is 32.7 Å². The summed E-state index contributed by atoms with van der Waals surface area (Å²) in [5.41, 5.74) is 1.66. The Bertz CT molecular complexity index is 465. The summed E-state index contributed by atoms with van der Waals surface area (Å²) in [6, 6.07) is 4.65. The number of benzene rings is 1. The smallest absolute Gasteiger partial charge is 0.124 e. The lowest BCUT2D eigenvalue weighted by Crippen LogP contribution is -2.23. The number of nitrogens with zero attached hydrogens (tertiary/aromatic N) is 1. The Labute approximate surface area is 120 Å². The van der Waals surface area contributed by atoms with Gasteiger partial charge in [0.1, 0.15) is 5.82 Å². The van der Waals surface area contributed by atoms with E-state index in [1.54, 1.807) is 6.07 Å². The SMILES string of the molecule is CCOCCN(C)Cc1ccc(F)cc1C#CCCO. The van der Waals surface area contributed by atoms with E-state index in [1.807, 2.05) is 14.0 Å². The number of aliphatic hydroxyl groups excluding tert-OH is 1. The van der Waals surface area contributed by atoms with Gasteiger partial charge in [0.25, 0.3) is 0 Å². The molecule has 0 aliphatic heterocycles. The first-order valence-electron chi connectivity index (χ1n) is 6.81. The van der Waals surface area contributed by atoms with Gasteiger partial charge < -0.3 is 9.84 Å². The zero-order valence-corrected chi connectivity index (χ0v) is 12.2. The minimum absolute atomic E-state index is 0.0198. The van der Waals surface area contributed by atoms with Crippen molar-refractivity contribution in [3.05, 3.63) is 35.1 Å². The fourth-order valence-electron chi connectivity index (χ4n) is 1.75. The number of rotatable bonds is 7. The molecule has 20 heavy (non-hydrogen) atoms. The van der Waals surface area contributed by atoms with E-state index in [2.05, 4.69) is 16.7 Å². The van der Waals surface area contributed by atoms with E-state index in [-0.39, 0.29) is 12.4 Å². The molecule has 0 amide bonds. The van der Waals surface area contributed by atoms with Crippen LogP contribution in [0.5, 0.6) is 0 Å². The molecule has 0 aliphatic rings. The second-order valence-corrected chi connectivity index (χ2v) is 4.51. The molecule has 0 fully saturated rings. The summed E-state index contributed by atoms with van der Waals surface area (Å²) in [5, 5.41) is 8.74. The molecule has 110 valence electrons. The van der Waals surface area contributed by atoms with Crippen LogP contribution in [0.15, 0.2) is 18.2 Å². The zero-order chi connectivity index (χ0) is 14.8. The van der Waals surface area contributed by atoms with E-state index in [1.165, 1.54) is 12.1 Å². The highest BCUT2D eigenvalue weighted by Gasteiger charge is 2.06. The quantitative estimate of drug-likeness (QED) is 0.612. The Hall–Kier alpha value is -1.41. The maximum atomic E-state index is 13.3. The Kier molecular flexibility index (Phi) is 7.89. The molecule has 0 unspecified atom stereocenters. The summed E-state index contributed by atoms with van der Waals surface area (Å²) >= 11 is 0. The third-order valence-electron chi connectivity index (χ3n) is 2.79. The van der Waals surface area contributed by atoms with E-state index in [4.69, 9.17) is 9.84 Å². The Morgan fingerprint density at radius 2 is 2.20 bits per heavy atom. The zero-order valence-electron chi connectivity index (χ0n) is 12.2. The van der Waals surface area contributed by atoms with Gasteiger partial charge in [0, 0.05) is 31.7 Å². The molecular weight excluding hydrogens is 257 g/mol. The fourth-order valence-corrected chi connectivity index (χ4v) is 1.75. The molecule has 0 aliphatic carbocycles. The van der Waals surface area contributed by atoms with E-state index in [0.717, 1.165) is 12.1 Å². The highest BCUT2D eigenvalue weighted by atomic mass is 19.1. The van der Waals surface area contributed by atoms with E-state index in [9.17, 15) is 4.39 Å². The predicted octanol–water partition coefficient (Wildman–Crippen LogP) is 2.03. The first-order valence-corrected chi connectivity index (χ1v) is 6.81. The second-order valence-electron chi connectivity index (χ2n) is 4.51. The number of ether oxygens (including phenoxy) is 1. The fraction of sp³-hybridized carbons (Fsp3) is 0.500. The van der Waals surface area contributed by atoms with Gasteiger partial charge in [-0.2, -0.15) is 0 Å². The number of halogens is 1. The molecule has 1 N–H and O–H groups in total. The highest BCUT2D eigenvalue weighted by Crippen LogP contribution is 2.12. The lowest BCUT2D eigenvalue weighted by Gasteiger charge is -2.17. The van der Waals surface area contributed by atoms with Crippen LogP contribution in [-0.2, 0) is 11.3 Å². The number of likely N-dealkylation sites (N-methyl/N-ethyl adjacent to an activating group) is 1. The molecule has 0 aromatic heterocycles. The van der Waals surface area contributed by atoms with Gasteiger partial charge >= 0.3 is 0 Å². The Balaban J connectivity index is 2.71. The molecule has 0 atom stereocenters. The van der Waals surface area contributed by atoms with Crippen molar-refractivity contribution in [2.75, 3.05) is 33.4 Å². The lowest BCUT2D eigenvalue weighted by atomic mass is 10.1. The van der Waals surface area contributed by atoms with E-state index >= 15 is 0 Å². The number of hydrogen-bond donors (Lipinski definition) is 1. The molecule has 4 heteroatoms. The van der Waals surface area contributed by atoms with Gasteiger partial charge in [-0.3, -0.25) is 4.90 Å². The van der Waals surface area contributed by atoms with Gasteiger partial charge in [0.2, 0.25) is 0 Å². The van der Waals surface area contributed by atoms with Crippen molar-refractivity contribution < 1.29 is 14.2 Å². The molecule has 0 saturated carbocycles. The van der Waals surface area contributed by atoms with Crippen LogP contribution in [0, 0.1) is 17.7 Å². The van der Waals surface area contributed by atoms with Gasteiger partial charge in [-0.05, 0) is 31.7 Å². The molecule has 1 aromatic carbocycles. The van der Waals surface area contributed by atoms with Crippen molar-refractivity contribution in [2.45, 2.75) is 19.9 Å². The van der Waals surface area contributed by atoms with E-state index < -0.39 is 0 Å². The van der Waals surface area contributed by atoms with Crippen molar-refractivity contribution in [2.24, 2.45) is 0 Å². The minimum Gasteiger partial charge on any atom is -0.395 e. The molecule has 3 nitrogen and oxygen atoms in total. The monoisotopic (exact) mass is 279 g/mol. The van der Waals surface area contributed by atoms with Crippen LogP contribution >= 0.6 is 0 Å². The molecule has 0 heterocycles. The maximum absolute atomic E-state index is 13.3. The van der Waals surface area contributed by atoms with Crippen molar-refractivity contribution in [1.82, 2.24) is 4.90 Å². The first kappa shape index (κ1) is 16.6. The molecule has 1 rings (SSSR count). The van der Waals surface area contributed by atoms with Crippen molar-refractivity contribution in [3.8, 4) is 11.8 Å². The lowest BCUT2D eigenvalue weighted by molar-refractivity contribution is 0.120. The highest BCUT2D eigenvalue weighted by molar-refractivity contribution is 5.41. The third-order valence-corrected chi connectivity index (χ3v) is 2.79. The summed E-state index contributed by atoms with van der Waals surface area (Å²) in [6.07, 6.45) is 0.399. The van der Waals surface area contributed by atoms with Crippen LogP contribution in [0.25, 0.3) is 0 Å². The molecule has 1 aromatic rings. The summed E-state index contributed by atoms with van der Waals surface area (Å²) in [4.78, 5) is 2.11. The second kappa shape index (κ2) is 9.49. The van der Waals surface area contributed by atoms with Gasteiger partial charge in [0.05, 0.1) is 13.2 Å². The molecule has 0 radical (unpaired) electrons. The minimum atomic E-state index is -0.293. The van der Waals surface area contributed by atoms with Crippen LogP contribution in [-0.4, -0.2) is 43.4 Å². The summed E-state index contributed by atoms with van der Waals surface area (Å²) < 4.78 is 18.6. The van der Waals surface area contributed by atoms with Gasteiger partial charge in [-0.15, -0.1) is 0 Å².